The molecule has 33 heavy (non-hydrogen) atoms. The summed E-state index contributed by atoms with van der Waals surface area (Å²) in [6.45, 7) is 2.22. The topological polar surface area (TPSA) is 143 Å². The standard InChI is InChI=1S/C23H32N4O6/c1-2-3-9-19(22(31)26-18(14-28)12-17-10-11-24-21(17)30)27-20(29)13-25-23(32)33-15-16-7-5-4-6-8-16/h4-8,14,17-19H,2-3,9-13,15H2,1H3,(H,24,30)(H,25,32)(H,26,31)(H,27,29)/t17?,18-,19-/m0/s1. The Labute approximate surface area is 193 Å². The van der Waals surface area contributed by atoms with Gasteiger partial charge >= 0.3 is 6.09 Å². The van der Waals surface area contributed by atoms with E-state index in [0.717, 1.165) is 12.0 Å². The molecule has 0 saturated carbocycles. The Balaban J connectivity index is 1.81. The van der Waals surface area contributed by atoms with E-state index in [0.29, 0.717) is 32.1 Å². The van der Waals surface area contributed by atoms with Crippen LogP contribution in [-0.2, 0) is 30.5 Å². The van der Waals surface area contributed by atoms with E-state index in [1.54, 1.807) is 0 Å². The van der Waals surface area contributed by atoms with Crippen LogP contribution in [0.5, 0.6) is 0 Å². The van der Waals surface area contributed by atoms with E-state index in [1.165, 1.54) is 0 Å². The first-order valence-corrected chi connectivity index (χ1v) is 11.2. The summed E-state index contributed by atoms with van der Waals surface area (Å²) in [7, 11) is 0. The van der Waals surface area contributed by atoms with Gasteiger partial charge in [0.05, 0.1) is 6.04 Å². The number of hydrogen-bond acceptors (Lipinski definition) is 6. The zero-order valence-corrected chi connectivity index (χ0v) is 18.8. The number of alkyl carbamates (subject to hydrolysis) is 1. The highest BCUT2D eigenvalue weighted by Crippen LogP contribution is 2.15. The lowest BCUT2D eigenvalue weighted by Gasteiger charge is -2.22. The van der Waals surface area contributed by atoms with Gasteiger partial charge in [-0.05, 0) is 24.8 Å². The van der Waals surface area contributed by atoms with E-state index >= 15 is 0 Å². The first-order chi connectivity index (χ1) is 15.9. The minimum atomic E-state index is -0.862. The van der Waals surface area contributed by atoms with Crippen molar-refractivity contribution in [2.75, 3.05) is 13.1 Å². The SMILES string of the molecule is CCCC[C@H](NC(=O)CNC(=O)OCc1ccccc1)C(=O)N[C@H](C=O)CC1CCNC1=O. The number of carbonyl (C=O) groups is 5. The molecule has 0 spiro atoms. The molecular formula is C23H32N4O6. The Morgan fingerprint density at radius 2 is 1.97 bits per heavy atom. The maximum absolute atomic E-state index is 12.7. The van der Waals surface area contributed by atoms with E-state index in [1.807, 2.05) is 37.3 Å². The predicted octanol–water partition coefficient (Wildman–Crippen LogP) is 0.798. The molecule has 1 saturated heterocycles. The largest absolute Gasteiger partial charge is 0.445 e. The highest BCUT2D eigenvalue weighted by Gasteiger charge is 2.29. The summed E-state index contributed by atoms with van der Waals surface area (Å²) in [6, 6.07) is 7.43. The highest BCUT2D eigenvalue weighted by molar-refractivity contribution is 5.90. The monoisotopic (exact) mass is 460 g/mol. The average Bonchev–Trinajstić information content (AvgIpc) is 3.23. The predicted molar refractivity (Wildman–Crippen MR) is 120 cm³/mol. The molecule has 4 amide bonds. The lowest BCUT2D eigenvalue weighted by molar-refractivity contribution is -0.130. The van der Waals surface area contributed by atoms with Crippen LogP contribution in [0.15, 0.2) is 30.3 Å². The minimum Gasteiger partial charge on any atom is -0.445 e. The number of aldehydes is 1. The molecule has 1 fully saturated rings. The van der Waals surface area contributed by atoms with Gasteiger partial charge in [0.25, 0.3) is 0 Å². The summed E-state index contributed by atoms with van der Waals surface area (Å²) >= 11 is 0. The minimum absolute atomic E-state index is 0.0714. The molecule has 1 heterocycles. The number of ether oxygens (including phenoxy) is 1. The Morgan fingerprint density at radius 3 is 2.61 bits per heavy atom. The van der Waals surface area contributed by atoms with Crippen molar-refractivity contribution < 1.29 is 28.7 Å². The molecular weight excluding hydrogens is 428 g/mol. The van der Waals surface area contributed by atoms with Gasteiger partial charge in [-0.15, -0.1) is 0 Å². The fraction of sp³-hybridized carbons (Fsp3) is 0.522. The summed E-state index contributed by atoms with van der Waals surface area (Å²) in [6.07, 6.45) is 2.55. The fourth-order valence-electron chi connectivity index (χ4n) is 3.46. The zero-order chi connectivity index (χ0) is 24.1. The number of unbranched alkanes of at least 4 members (excludes halogenated alkanes) is 1. The first-order valence-electron chi connectivity index (χ1n) is 11.2. The van der Waals surface area contributed by atoms with Crippen molar-refractivity contribution in [2.45, 2.75) is 57.7 Å². The van der Waals surface area contributed by atoms with Gasteiger partial charge in [-0.1, -0.05) is 50.1 Å². The molecule has 0 aromatic heterocycles. The number of rotatable bonds is 13. The average molecular weight is 461 g/mol. The van der Waals surface area contributed by atoms with Crippen LogP contribution >= 0.6 is 0 Å². The first kappa shape index (κ1) is 25.8. The van der Waals surface area contributed by atoms with Crippen LogP contribution in [0.25, 0.3) is 0 Å². The van der Waals surface area contributed by atoms with E-state index in [-0.39, 0.29) is 31.4 Å². The second-order valence-electron chi connectivity index (χ2n) is 7.94. The molecule has 0 aliphatic carbocycles. The number of amides is 4. The second kappa shape index (κ2) is 13.9. The highest BCUT2D eigenvalue weighted by atomic mass is 16.5. The van der Waals surface area contributed by atoms with Crippen LogP contribution in [0.3, 0.4) is 0 Å². The van der Waals surface area contributed by atoms with Gasteiger partial charge in [-0.2, -0.15) is 0 Å². The molecule has 0 bridgehead atoms. The van der Waals surface area contributed by atoms with Crippen molar-refractivity contribution in [3.8, 4) is 0 Å². The van der Waals surface area contributed by atoms with Crippen molar-refractivity contribution in [1.82, 2.24) is 21.3 Å². The van der Waals surface area contributed by atoms with Gasteiger partial charge in [-0.3, -0.25) is 14.4 Å². The van der Waals surface area contributed by atoms with Crippen LogP contribution in [-0.4, -0.2) is 55.3 Å². The lowest BCUT2D eigenvalue weighted by Crippen LogP contribution is -2.52. The summed E-state index contributed by atoms with van der Waals surface area (Å²) in [5.74, 6) is -1.51. The van der Waals surface area contributed by atoms with E-state index in [9.17, 15) is 24.0 Å². The van der Waals surface area contributed by atoms with Crippen LogP contribution in [0.2, 0.25) is 0 Å². The van der Waals surface area contributed by atoms with Crippen molar-refractivity contribution in [3.05, 3.63) is 35.9 Å². The lowest BCUT2D eigenvalue weighted by atomic mass is 9.98. The van der Waals surface area contributed by atoms with Crippen LogP contribution in [0.1, 0.15) is 44.6 Å². The third-order valence-electron chi connectivity index (χ3n) is 5.30. The van der Waals surface area contributed by atoms with Gasteiger partial charge < -0.3 is 30.8 Å². The fourth-order valence-corrected chi connectivity index (χ4v) is 3.46. The molecule has 180 valence electrons. The number of nitrogens with one attached hydrogen (secondary N) is 4. The Morgan fingerprint density at radius 1 is 1.21 bits per heavy atom. The van der Waals surface area contributed by atoms with Crippen molar-refractivity contribution in [1.29, 1.82) is 0 Å². The second-order valence-corrected chi connectivity index (χ2v) is 7.94. The Kier molecular flexibility index (Phi) is 10.9. The van der Waals surface area contributed by atoms with Gasteiger partial charge in [0.1, 0.15) is 25.5 Å². The molecule has 10 nitrogen and oxygen atoms in total. The van der Waals surface area contributed by atoms with E-state index < -0.39 is 30.0 Å². The smallest absolute Gasteiger partial charge is 0.407 e. The third kappa shape index (κ3) is 9.30. The molecule has 1 aromatic rings. The van der Waals surface area contributed by atoms with Gasteiger partial charge in [-0.25, -0.2) is 4.79 Å². The Bertz CT molecular complexity index is 816. The number of hydrogen-bond donors (Lipinski definition) is 4. The van der Waals surface area contributed by atoms with Gasteiger partial charge in [0.15, 0.2) is 0 Å². The third-order valence-corrected chi connectivity index (χ3v) is 5.30. The molecule has 1 unspecified atom stereocenters. The van der Waals surface area contributed by atoms with Gasteiger partial charge in [0, 0.05) is 12.5 Å². The molecule has 1 aromatic carbocycles. The molecule has 1 aliphatic rings. The number of benzene rings is 1. The molecule has 1 aliphatic heterocycles. The molecule has 10 heteroatoms. The quantitative estimate of drug-likeness (QED) is 0.321. The maximum Gasteiger partial charge on any atom is 0.407 e. The molecule has 0 radical (unpaired) electrons. The zero-order valence-electron chi connectivity index (χ0n) is 18.8. The van der Waals surface area contributed by atoms with Crippen LogP contribution in [0, 0.1) is 5.92 Å². The molecule has 2 rings (SSSR count). The van der Waals surface area contributed by atoms with Gasteiger partial charge in [0.2, 0.25) is 17.7 Å². The van der Waals surface area contributed by atoms with E-state index in [2.05, 4.69) is 21.3 Å². The van der Waals surface area contributed by atoms with Crippen molar-refractivity contribution >= 4 is 30.1 Å². The maximum atomic E-state index is 12.7. The van der Waals surface area contributed by atoms with Crippen LogP contribution in [0.4, 0.5) is 4.79 Å². The summed E-state index contributed by atoms with van der Waals surface area (Å²) in [5.41, 5.74) is 0.813. The van der Waals surface area contributed by atoms with Crippen molar-refractivity contribution in [3.63, 3.8) is 0 Å². The summed E-state index contributed by atoms with van der Waals surface area (Å²) < 4.78 is 5.05. The Hall–Kier alpha value is -3.43. The van der Waals surface area contributed by atoms with E-state index in [4.69, 9.17) is 4.74 Å². The van der Waals surface area contributed by atoms with Crippen molar-refractivity contribution in [2.24, 2.45) is 5.92 Å². The molecule has 3 atom stereocenters. The summed E-state index contributed by atoms with van der Waals surface area (Å²) in [4.78, 5) is 60.0. The molecule has 4 N–H and O–H groups in total. The van der Waals surface area contributed by atoms with Crippen LogP contribution < -0.4 is 21.3 Å². The normalized spacial score (nSPS) is 16.8. The number of carbonyl (C=O) groups excluding carboxylic acids is 5. The summed E-state index contributed by atoms with van der Waals surface area (Å²) in [5, 5.41) is 10.3.